The van der Waals surface area contributed by atoms with E-state index >= 15 is 0 Å². The molecule has 0 saturated heterocycles. The van der Waals surface area contributed by atoms with E-state index in [2.05, 4.69) is 15.4 Å². The number of aryl methyl sites for hydroxylation is 1. The first-order chi connectivity index (χ1) is 15.1. The van der Waals surface area contributed by atoms with Crippen molar-refractivity contribution in [2.75, 3.05) is 30.8 Å². The zero-order chi connectivity index (χ0) is 24.0. The number of anilines is 2. The van der Waals surface area contributed by atoms with Gasteiger partial charge in [0.1, 0.15) is 10.8 Å². The summed E-state index contributed by atoms with van der Waals surface area (Å²) in [5, 5.41) is 6.05. The van der Waals surface area contributed by atoms with Crippen LogP contribution in [0.15, 0.2) is 18.2 Å². The van der Waals surface area contributed by atoms with Crippen molar-refractivity contribution in [1.82, 2.24) is 4.90 Å². The van der Waals surface area contributed by atoms with E-state index in [0.717, 1.165) is 16.9 Å². The highest BCUT2D eigenvalue weighted by Crippen LogP contribution is 2.35. The largest absolute Gasteiger partial charge is 0.465 e. The molecule has 32 heavy (non-hydrogen) atoms. The van der Waals surface area contributed by atoms with Gasteiger partial charge in [0.05, 0.1) is 23.2 Å². The fourth-order valence-corrected chi connectivity index (χ4v) is 4.45. The molecule has 1 aromatic heterocycles. The Morgan fingerprint density at radius 1 is 1.19 bits per heavy atom. The number of carbonyl (C=O) groups is 2. The number of rotatable bonds is 8. The Labute approximate surface area is 194 Å². The summed E-state index contributed by atoms with van der Waals surface area (Å²) < 4.78 is 34.9. The fraction of sp³-hybridized carbons (Fsp3) is 0.381. The second kappa shape index (κ2) is 11.2. The van der Waals surface area contributed by atoms with Gasteiger partial charge in [-0.15, -0.1) is 11.3 Å². The molecule has 0 aliphatic heterocycles. The van der Waals surface area contributed by atoms with Crippen LogP contribution < -0.4 is 15.4 Å². The Morgan fingerprint density at radius 2 is 1.84 bits per heavy atom. The standard InChI is InChI=1S/C21H25F2N3O4S2/c1-6-26(7-2)18(27)16-12(4)15(19(28)29-5)17(32-16)25-21(31)24-13-10-11(3)8-9-14(13)30-20(22)23/h8-10,20H,6-7H2,1-5H3,(H2,24,25,31). The van der Waals surface area contributed by atoms with Crippen LogP contribution in [0.4, 0.5) is 19.5 Å². The van der Waals surface area contributed by atoms with Crippen molar-refractivity contribution >= 4 is 51.2 Å². The third-order valence-corrected chi connectivity index (χ3v) is 6.01. The number of nitrogens with one attached hydrogen (secondary N) is 2. The van der Waals surface area contributed by atoms with Crippen LogP contribution in [0.3, 0.4) is 0 Å². The smallest absolute Gasteiger partial charge is 0.387 e. The van der Waals surface area contributed by atoms with Gasteiger partial charge in [0, 0.05) is 13.1 Å². The van der Waals surface area contributed by atoms with Gasteiger partial charge in [0.15, 0.2) is 5.11 Å². The van der Waals surface area contributed by atoms with E-state index in [1.54, 1.807) is 30.9 Å². The molecule has 2 rings (SSSR count). The summed E-state index contributed by atoms with van der Waals surface area (Å²) in [7, 11) is 1.24. The molecule has 2 N–H and O–H groups in total. The molecule has 11 heteroatoms. The number of carbonyl (C=O) groups excluding carboxylic acids is 2. The average molecular weight is 486 g/mol. The zero-order valence-corrected chi connectivity index (χ0v) is 20.0. The molecule has 0 fully saturated rings. The molecule has 174 valence electrons. The van der Waals surface area contributed by atoms with Gasteiger partial charge in [-0.3, -0.25) is 4.79 Å². The van der Waals surface area contributed by atoms with E-state index in [1.807, 2.05) is 13.8 Å². The quantitative estimate of drug-likeness (QED) is 0.400. The number of thiophene rings is 1. The van der Waals surface area contributed by atoms with Crippen LogP contribution in [0.2, 0.25) is 0 Å². The van der Waals surface area contributed by atoms with E-state index in [9.17, 15) is 18.4 Å². The SMILES string of the molecule is CCN(CC)C(=O)c1sc(NC(=S)Nc2cc(C)ccc2OC(F)F)c(C(=O)OC)c1C. The molecular weight excluding hydrogens is 460 g/mol. The molecule has 0 spiro atoms. The van der Waals surface area contributed by atoms with Crippen molar-refractivity contribution in [3.05, 3.63) is 39.8 Å². The molecule has 1 amide bonds. The normalized spacial score (nSPS) is 10.6. The molecule has 0 unspecified atom stereocenters. The number of ether oxygens (including phenoxy) is 2. The molecular formula is C21H25F2N3O4S2. The number of halogens is 2. The van der Waals surface area contributed by atoms with Crippen molar-refractivity contribution < 1.29 is 27.8 Å². The molecule has 0 aliphatic carbocycles. The summed E-state index contributed by atoms with van der Waals surface area (Å²) in [4.78, 5) is 27.3. The summed E-state index contributed by atoms with van der Waals surface area (Å²) in [6.07, 6.45) is 0. The van der Waals surface area contributed by atoms with Crippen LogP contribution in [0, 0.1) is 13.8 Å². The molecule has 0 saturated carbocycles. The molecule has 0 bridgehead atoms. The third kappa shape index (κ3) is 5.92. The molecule has 7 nitrogen and oxygen atoms in total. The number of alkyl halides is 2. The first kappa shape index (κ1) is 25.5. The monoisotopic (exact) mass is 485 g/mol. The lowest BCUT2D eigenvalue weighted by atomic mass is 10.1. The molecule has 1 heterocycles. The minimum Gasteiger partial charge on any atom is -0.465 e. The van der Waals surface area contributed by atoms with E-state index in [0.29, 0.717) is 28.5 Å². The molecule has 0 aliphatic rings. The van der Waals surface area contributed by atoms with Gasteiger partial charge in [-0.05, 0) is 63.2 Å². The average Bonchev–Trinajstić information content (AvgIpc) is 3.05. The van der Waals surface area contributed by atoms with Crippen molar-refractivity contribution in [1.29, 1.82) is 0 Å². The number of methoxy groups -OCH3 is 1. The van der Waals surface area contributed by atoms with Crippen LogP contribution in [0.5, 0.6) is 5.75 Å². The Morgan fingerprint density at radius 3 is 2.41 bits per heavy atom. The van der Waals surface area contributed by atoms with Gasteiger partial charge in [-0.25, -0.2) is 4.79 Å². The Bertz CT molecular complexity index is 1010. The second-order valence-corrected chi connectivity index (χ2v) is 8.12. The zero-order valence-electron chi connectivity index (χ0n) is 18.4. The van der Waals surface area contributed by atoms with Crippen molar-refractivity contribution in [3.63, 3.8) is 0 Å². The van der Waals surface area contributed by atoms with Gasteiger partial charge in [-0.1, -0.05) is 6.07 Å². The van der Waals surface area contributed by atoms with Crippen molar-refractivity contribution in [2.24, 2.45) is 0 Å². The van der Waals surface area contributed by atoms with Crippen molar-refractivity contribution in [3.8, 4) is 5.75 Å². The number of thiocarbonyl (C=S) groups is 1. The minimum atomic E-state index is -3.00. The first-order valence-electron chi connectivity index (χ1n) is 9.77. The first-order valence-corrected chi connectivity index (χ1v) is 11.0. The number of benzene rings is 1. The predicted molar refractivity (Wildman–Crippen MR) is 125 cm³/mol. The van der Waals surface area contributed by atoms with Gasteiger partial charge in [-0.2, -0.15) is 8.78 Å². The number of esters is 1. The Balaban J connectivity index is 2.37. The van der Waals surface area contributed by atoms with Crippen molar-refractivity contribution in [2.45, 2.75) is 34.3 Å². The summed E-state index contributed by atoms with van der Waals surface area (Å²) in [5.41, 5.74) is 1.69. The third-order valence-electron chi connectivity index (χ3n) is 4.61. The second-order valence-electron chi connectivity index (χ2n) is 6.69. The summed E-state index contributed by atoms with van der Waals surface area (Å²) in [6, 6.07) is 4.63. The van der Waals surface area contributed by atoms with Gasteiger partial charge >= 0.3 is 12.6 Å². The molecule has 1 aromatic carbocycles. The molecule has 0 atom stereocenters. The van der Waals surface area contributed by atoms with Crippen LogP contribution in [-0.2, 0) is 4.74 Å². The lowest BCUT2D eigenvalue weighted by molar-refractivity contribution is -0.0493. The number of nitrogens with zero attached hydrogens (tertiary/aromatic N) is 1. The highest BCUT2D eigenvalue weighted by molar-refractivity contribution is 7.80. The highest BCUT2D eigenvalue weighted by atomic mass is 32.1. The van der Waals surface area contributed by atoms with Gasteiger partial charge < -0.3 is 25.0 Å². The van der Waals surface area contributed by atoms with E-state index in [1.165, 1.54) is 13.2 Å². The minimum absolute atomic E-state index is 0.0305. The number of amides is 1. The maximum atomic E-state index is 12.9. The van der Waals surface area contributed by atoms with Gasteiger partial charge in [0.2, 0.25) is 0 Å². The van der Waals surface area contributed by atoms with Crippen LogP contribution >= 0.6 is 23.6 Å². The number of hydrogen-bond acceptors (Lipinski definition) is 6. The predicted octanol–water partition coefficient (Wildman–Crippen LogP) is 5.04. The molecule has 2 aromatic rings. The molecule has 0 radical (unpaired) electrons. The topological polar surface area (TPSA) is 79.9 Å². The fourth-order valence-electron chi connectivity index (χ4n) is 3.00. The Hall–Kier alpha value is -2.79. The maximum Gasteiger partial charge on any atom is 0.387 e. The van der Waals surface area contributed by atoms with E-state index < -0.39 is 12.6 Å². The lowest BCUT2D eigenvalue weighted by Crippen LogP contribution is -2.30. The van der Waals surface area contributed by atoms with Gasteiger partial charge in [0.25, 0.3) is 5.91 Å². The lowest BCUT2D eigenvalue weighted by Gasteiger charge is -2.18. The van der Waals surface area contributed by atoms with Crippen LogP contribution in [0.1, 0.15) is 45.0 Å². The van der Waals surface area contributed by atoms with E-state index in [4.69, 9.17) is 17.0 Å². The Kier molecular flexibility index (Phi) is 8.90. The summed E-state index contributed by atoms with van der Waals surface area (Å²) >= 11 is 6.40. The summed E-state index contributed by atoms with van der Waals surface area (Å²) in [5.74, 6) is -0.913. The van der Waals surface area contributed by atoms with Crippen LogP contribution in [0.25, 0.3) is 0 Å². The maximum absolute atomic E-state index is 12.9. The van der Waals surface area contributed by atoms with E-state index in [-0.39, 0.29) is 28.0 Å². The number of hydrogen-bond donors (Lipinski definition) is 2. The highest BCUT2D eigenvalue weighted by Gasteiger charge is 2.27. The summed E-state index contributed by atoms with van der Waals surface area (Å²) in [6.45, 7) is 5.22. The van der Waals surface area contributed by atoms with Crippen LogP contribution in [-0.4, -0.2) is 48.7 Å².